The number of nitrogens with zero attached hydrogens (tertiary/aromatic N) is 1. The summed E-state index contributed by atoms with van der Waals surface area (Å²) in [4.78, 5) is 12.3. The molecule has 0 aliphatic carbocycles. The first-order valence-corrected chi connectivity index (χ1v) is 8.24. The molecule has 1 amide bonds. The standard InChI is InChI=1S/C14H23N3O3S/c1-5-14(15,6-2)13(18)16-11-7-9-12(10-8-11)21(19,20)17(3)4/h7-10H,5-6,15H2,1-4H3,(H,16,18). The van der Waals surface area contributed by atoms with E-state index in [-0.39, 0.29) is 10.8 Å². The zero-order valence-corrected chi connectivity index (χ0v) is 13.7. The van der Waals surface area contributed by atoms with Gasteiger partial charge in [0.1, 0.15) is 0 Å². The fourth-order valence-corrected chi connectivity index (χ4v) is 2.65. The highest BCUT2D eigenvalue weighted by Gasteiger charge is 2.29. The van der Waals surface area contributed by atoms with Crippen molar-refractivity contribution < 1.29 is 13.2 Å². The molecule has 118 valence electrons. The third kappa shape index (κ3) is 3.81. The van der Waals surface area contributed by atoms with Gasteiger partial charge in [-0.3, -0.25) is 4.79 Å². The molecule has 0 bridgehead atoms. The highest BCUT2D eigenvalue weighted by atomic mass is 32.2. The summed E-state index contributed by atoms with van der Waals surface area (Å²) in [7, 11) is -0.527. The zero-order chi connectivity index (χ0) is 16.3. The number of rotatable bonds is 6. The first-order valence-electron chi connectivity index (χ1n) is 6.80. The van der Waals surface area contributed by atoms with E-state index < -0.39 is 15.6 Å². The Morgan fingerprint density at radius 2 is 1.67 bits per heavy atom. The van der Waals surface area contributed by atoms with E-state index in [0.717, 1.165) is 4.31 Å². The highest BCUT2D eigenvalue weighted by molar-refractivity contribution is 7.89. The average Bonchev–Trinajstić information content (AvgIpc) is 2.46. The van der Waals surface area contributed by atoms with E-state index in [9.17, 15) is 13.2 Å². The van der Waals surface area contributed by atoms with Crippen molar-refractivity contribution in [2.75, 3.05) is 19.4 Å². The van der Waals surface area contributed by atoms with Gasteiger partial charge in [-0.2, -0.15) is 0 Å². The van der Waals surface area contributed by atoms with Crippen LogP contribution < -0.4 is 11.1 Å². The lowest BCUT2D eigenvalue weighted by molar-refractivity contribution is -0.121. The topological polar surface area (TPSA) is 92.5 Å². The van der Waals surface area contributed by atoms with Gasteiger partial charge in [-0.05, 0) is 37.1 Å². The Hall–Kier alpha value is -1.44. The van der Waals surface area contributed by atoms with Crippen LogP contribution in [0, 0.1) is 0 Å². The zero-order valence-electron chi connectivity index (χ0n) is 12.9. The third-order valence-electron chi connectivity index (χ3n) is 3.60. The Morgan fingerprint density at radius 1 is 1.19 bits per heavy atom. The molecule has 6 nitrogen and oxygen atoms in total. The maximum Gasteiger partial charge on any atom is 0.244 e. The molecule has 0 spiro atoms. The second-order valence-corrected chi connectivity index (χ2v) is 7.28. The summed E-state index contributed by atoms with van der Waals surface area (Å²) in [5.41, 5.74) is 5.63. The summed E-state index contributed by atoms with van der Waals surface area (Å²) in [6.07, 6.45) is 1.06. The van der Waals surface area contributed by atoms with Crippen LogP contribution in [0.15, 0.2) is 29.2 Å². The summed E-state index contributed by atoms with van der Waals surface area (Å²) in [5.74, 6) is -0.268. The van der Waals surface area contributed by atoms with Crippen molar-refractivity contribution in [1.82, 2.24) is 4.31 Å². The van der Waals surface area contributed by atoms with Crippen LogP contribution in [0.1, 0.15) is 26.7 Å². The third-order valence-corrected chi connectivity index (χ3v) is 5.43. The van der Waals surface area contributed by atoms with Gasteiger partial charge in [-0.25, -0.2) is 12.7 Å². The summed E-state index contributed by atoms with van der Waals surface area (Å²) >= 11 is 0. The Bertz CT molecular complexity index is 590. The second-order valence-electron chi connectivity index (χ2n) is 5.13. The fraction of sp³-hybridized carbons (Fsp3) is 0.500. The van der Waals surface area contributed by atoms with E-state index in [2.05, 4.69) is 5.32 Å². The lowest BCUT2D eigenvalue weighted by Crippen LogP contribution is -2.50. The summed E-state index contributed by atoms with van der Waals surface area (Å²) in [6.45, 7) is 3.71. The van der Waals surface area contributed by atoms with Crippen LogP contribution in [0.4, 0.5) is 5.69 Å². The summed E-state index contributed by atoms with van der Waals surface area (Å²) in [5, 5.41) is 2.72. The van der Waals surface area contributed by atoms with E-state index in [1.54, 1.807) is 12.1 Å². The molecule has 0 unspecified atom stereocenters. The molecule has 3 N–H and O–H groups in total. The number of hydrogen-bond acceptors (Lipinski definition) is 4. The molecule has 0 aliphatic heterocycles. The molecule has 0 heterocycles. The molecule has 0 saturated heterocycles. The van der Waals surface area contributed by atoms with Crippen molar-refractivity contribution in [3.63, 3.8) is 0 Å². The largest absolute Gasteiger partial charge is 0.324 e. The van der Waals surface area contributed by atoms with Gasteiger partial charge in [0.05, 0.1) is 10.4 Å². The lowest BCUT2D eigenvalue weighted by Gasteiger charge is -2.25. The normalized spacial score (nSPS) is 12.5. The number of nitrogens with one attached hydrogen (secondary N) is 1. The summed E-state index contributed by atoms with van der Waals surface area (Å²) < 4.78 is 25.0. The maximum atomic E-state index is 12.1. The van der Waals surface area contributed by atoms with Crippen molar-refractivity contribution in [1.29, 1.82) is 0 Å². The van der Waals surface area contributed by atoms with Crippen LogP contribution in [0.25, 0.3) is 0 Å². The molecule has 0 atom stereocenters. The molecule has 0 saturated carbocycles. The van der Waals surface area contributed by atoms with E-state index in [1.807, 2.05) is 13.8 Å². The minimum absolute atomic E-state index is 0.176. The predicted molar refractivity (Wildman–Crippen MR) is 83.4 cm³/mol. The minimum atomic E-state index is -3.46. The van der Waals surface area contributed by atoms with Crippen LogP contribution in [0.3, 0.4) is 0 Å². The summed E-state index contributed by atoms with van der Waals surface area (Å²) in [6, 6.07) is 6.03. The number of carbonyl (C=O) groups is 1. The van der Waals surface area contributed by atoms with Crippen LogP contribution in [0.5, 0.6) is 0 Å². The number of amides is 1. The minimum Gasteiger partial charge on any atom is -0.324 e. The molecular weight excluding hydrogens is 290 g/mol. The van der Waals surface area contributed by atoms with Gasteiger partial charge in [-0.1, -0.05) is 13.8 Å². The van der Waals surface area contributed by atoms with Gasteiger partial charge in [0.15, 0.2) is 0 Å². The SMILES string of the molecule is CCC(N)(CC)C(=O)Nc1ccc(S(=O)(=O)N(C)C)cc1. The Kier molecular flexibility index (Phi) is 5.49. The quantitative estimate of drug-likeness (QED) is 0.830. The van der Waals surface area contributed by atoms with Gasteiger partial charge in [-0.15, -0.1) is 0 Å². The number of benzene rings is 1. The second kappa shape index (κ2) is 6.55. The number of anilines is 1. The van der Waals surface area contributed by atoms with Crippen molar-refractivity contribution in [2.45, 2.75) is 37.1 Å². The van der Waals surface area contributed by atoms with Crippen molar-refractivity contribution in [2.24, 2.45) is 5.73 Å². The molecule has 1 aromatic rings. The van der Waals surface area contributed by atoms with E-state index >= 15 is 0 Å². The van der Waals surface area contributed by atoms with E-state index in [0.29, 0.717) is 18.5 Å². The van der Waals surface area contributed by atoms with Crippen LogP contribution >= 0.6 is 0 Å². The average molecular weight is 313 g/mol. The van der Waals surface area contributed by atoms with Crippen LogP contribution in [-0.4, -0.2) is 38.3 Å². The van der Waals surface area contributed by atoms with Crippen molar-refractivity contribution in [3.05, 3.63) is 24.3 Å². The highest BCUT2D eigenvalue weighted by Crippen LogP contribution is 2.19. The first kappa shape index (κ1) is 17.6. The monoisotopic (exact) mass is 313 g/mol. The van der Waals surface area contributed by atoms with E-state index in [4.69, 9.17) is 5.73 Å². The Morgan fingerprint density at radius 3 is 2.05 bits per heavy atom. The fourth-order valence-electron chi connectivity index (χ4n) is 1.75. The molecule has 21 heavy (non-hydrogen) atoms. The van der Waals surface area contributed by atoms with Gasteiger partial charge >= 0.3 is 0 Å². The van der Waals surface area contributed by atoms with Gasteiger partial charge in [0.25, 0.3) is 0 Å². The van der Waals surface area contributed by atoms with E-state index in [1.165, 1.54) is 26.2 Å². The Labute approximate surface area is 126 Å². The molecule has 1 rings (SSSR count). The van der Waals surface area contributed by atoms with Gasteiger partial charge < -0.3 is 11.1 Å². The van der Waals surface area contributed by atoms with Gasteiger partial charge in [0, 0.05) is 19.8 Å². The smallest absolute Gasteiger partial charge is 0.244 e. The number of carbonyl (C=O) groups excluding carboxylic acids is 1. The van der Waals surface area contributed by atoms with Crippen LogP contribution in [-0.2, 0) is 14.8 Å². The van der Waals surface area contributed by atoms with Crippen molar-refractivity contribution >= 4 is 21.6 Å². The molecule has 0 radical (unpaired) electrons. The lowest BCUT2D eigenvalue weighted by atomic mass is 9.93. The molecular formula is C14H23N3O3S. The maximum absolute atomic E-state index is 12.1. The molecule has 0 aromatic heterocycles. The predicted octanol–water partition coefficient (Wildman–Crippen LogP) is 1.39. The van der Waals surface area contributed by atoms with Crippen molar-refractivity contribution in [3.8, 4) is 0 Å². The number of nitrogens with two attached hydrogens (primary N) is 1. The molecule has 0 fully saturated rings. The Balaban J connectivity index is 2.93. The molecule has 7 heteroatoms. The first-order chi connectivity index (χ1) is 9.67. The number of sulfonamides is 1. The van der Waals surface area contributed by atoms with Crippen LogP contribution in [0.2, 0.25) is 0 Å². The number of hydrogen-bond donors (Lipinski definition) is 2. The van der Waals surface area contributed by atoms with Gasteiger partial charge in [0.2, 0.25) is 15.9 Å². The molecule has 1 aromatic carbocycles. The molecule has 0 aliphatic rings.